The van der Waals surface area contributed by atoms with Gasteiger partial charge in [0, 0.05) is 6.42 Å². The molecule has 0 amide bonds. The number of ether oxygens (including phenoxy) is 2. The minimum atomic E-state index is -0.119. The van der Waals surface area contributed by atoms with Crippen LogP contribution in [0.3, 0.4) is 0 Å². The number of carbonyl (C=O) groups excluding carboxylic acids is 1. The van der Waals surface area contributed by atoms with Crippen LogP contribution in [0.4, 0.5) is 0 Å². The lowest BCUT2D eigenvalue weighted by Gasteiger charge is -2.10. The summed E-state index contributed by atoms with van der Waals surface area (Å²) in [6.45, 7) is 0.454. The molecule has 2 rings (SSSR count). The van der Waals surface area contributed by atoms with Gasteiger partial charge in [-0.05, 0) is 18.6 Å². The van der Waals surface area contributed by atoms with Crippen molar-refractivity contribution >= 4 is 5.97 Å². The Kier molecular flexibility index (Phi) is 2.68. The van der Waals surface area contributed by atoms with Crippen LogP contribution in [0.25, 0.3) is 0 Å². The molecule has 0 unspecified atom stereocenters. The molecule has 0 aromatic heterocycles. The fraction of sp³-hybridized carbons (Fsp3) is 0.364. The number of hydrogen-bond donors (Lipinski definition) is 0. The van der Waals surface area contributed by atoms with E-state index >= 15 is 0 Å². The average molecular weight is 192 g/mol. The van der Waals surface area contributed by atoms with Gasteiger partial charge < -0.3 is 9.47 Å². The van der Waals surface area contributed by atoms with E-state index in [1.54, 1.807) is 0 Å². The molecule has 1 aromatic carbocycles. The summed E-state index contributed by atoms with van der Waals surface area (Å²) in [5.74, 6) is 0.696. The van der Waals surface area contributed by atoms with Crippen molar-refractivity contribution in [1.29, 1.82) is 0 Å². The number of cyclic esters (lactones) is 1. The summed E-state index contributed by atoms with van der Waals surface area (Å²) in [6.07, 6.45) is 1.22. The fourth-order valence-electron chi connectivity index (χ4n) is 1.41. The molecule has 1 fully saturated rings. The maximum absolute atomic E-state index is 10.8. The third-order valence-corrected chi connectivity index (χ3v) is 2.15. The second-order valence-electron chi connectivity index (χ2n) is 3.27. The fourth-order valence-corrected chi connectivity index (χ4v) is 1.41. The van der Waals surface area contributed by atoms with E-state index in [0.717, 1.165) is 12.2 Å². The van der Waals surface area contributed by atoms with Crippen molar-refractivity contribution in [2.75, 3.05) is 6.61 Å². The molecule has 1 heterocycles. The molecule has 0 radical (unpaired) electrons. The van der Waals surface area contributed by atoms with E-state index in [-0.39, 0.29) is 12.1 Å². The minimum Gasteiger partial charge on any atom is -0.490 e. The summed E-state index contributed by atoms with van der Waals surface area (Å²) in [4.78, 5) is 10.8. The Morgan fingerprint density at radius 2 is 2.14 bits per heavy atom. The molecule has 1 atom stereocenters. The smallest absolute Gasteiger partial charge is 0.306 e. The van der Waals surface area contributed by atoms with E-state index in [0.29, 0.717) is 13.0 Å². The zero-order valence-corrected chi connectivity index (χ0v) is 7.81. The summed E-state index contributed by atoms with van der Waals surface area (Å²) < 4.78 is 10.5. The van der Waals surface area contributed by atoms with E-state index in [4.69, 9.17) is 9.47 Å². The molecule has 1 aromatic rings. The van der Waals surface area contributed by atoms with E-state index in [9.17, 15) is 4.79 Å². The largest absolute Gasteiger partial charge is 0.490 e. The lowest BCUT2D eigenvalue weighted by Crippen LogP contribution is -2.17. The van der Waals surface area contributed by atoms with Gasteiger partial charge in [0.1, 0.15) is 18.5 Å². The van der Waals surface area contributed by atoms with Crippen molar-refractivity contribution in [3.63, 3.8) is 0 Å². The first kappa shape index (κ1) is 9.06. The van der Waals surface area contributed by atoms with Gasteiger partial charge in [-0.3, -0.25) is 4.79 Å². The van der Waals surface area contributed by atoms with Crippen LogP contribution >= 0.6 is 0 Å². The SMILES string of the molecule is O=C1CC[C@@H](COc2ccccc2)O1. The molecule has 3 nitrogen and oxygen atoms in total. The van der Waals surface area contributed by atoms with Crippen LogP contribution in [0.1, 0.15) is 12.8 Å². The van der Waals surface area contributed by atoms with E-state index in [1.807, 2.05) is 30.3 Å². The number of carbonyl (C=O) groups is 1. The van der Waals surface area contributed by atoms with Gasteiger partial charge in [-0.15, -0.1) is 0 Å². The van der Waals surface area contributed by atoms with Gasteiger partial charge in [0.2, 0.25) is 0 Å². The van der Waals surface area contributed by atoms with Crippen molar-refractivity contribution in [3.8, 4) is 5.75 Å². The van der Waals surface area contributed by atoms with E-state index < -0.39 is 0 Å². The standard InChI is InChI=1S/C11H12O3/c12-11-7-6-10(14-11)8-13-9-4-2-1-3-5-9/h1-5,10H,6-8H2/t10-/m0/s1. The van der Waals surface area contributed by atoms with Gasteiger partial charge in [-0.1, -0.05) is 18.2 Å². The Morgan fingerprint density at radius 3 is 2.79 bits per heavy atom. The molecular formula is C11H12O3. The minimum absolute atomic E-state index is 0.0669. The predicted molar refractivity (Wildman–Crippen MR) is 51.1 cm³/mol. The van der Waals surface area contributed by atoms with Crippen LogP contribution in [0.5, 0.6) is 5.75 Å². The first-order valence-corrected chi connectivity index (χ1v) is 4.72. The highest BCUT2D eigenvalue weighted by molar-refractivity contribution is 5.71. The van der Waals surface area contributed by atoms with Crippen LogP contribution in [-0.2, 0) is 9.53 Å². The predicted octanol–water partition coefficient (Wildman–Crippen LogP) is 1.77. The Labute approximate surface area is 82.6 Å². The summed E-state index contributed by atoms with van der Waals surface area (Å²) in [5.41, 5.74) is 0. The number of benzene rings is 1. The topological polar surface area (TPSA) is 35.5 Å². The quantitative estimate of drug-likeness (QED) is 0.685. The lowest BCUT2D eigenvalue weighted by atomic mass is 10.2. The maximum atomic E-state index is 10.8. The third kappa shape index (κ3) is 2.25. The Morgan fingerprint density at radius 1 is 1.36 bits per heavy atom. The van der Waals surface area contributed by atoms with Gasteiger partial charge in [0.05, 0.1) is 0 Å². The zero-order chi connectivity index (χ0) is 9.80. The van der Waals surface area contributed by atoms with Gasteiger partial charge in [0.15, 0.2) is 0 Å². The molecule has 0 spiro atoms. The molecule has 0 N–H and O–H groups in total. The number of hydrogen-bond acceptors (Lipinski definition) is 3. The molecular weight excluding hydrogens is 180 g/mol. The lowest BCUT2D eigenvalue weighted by molar-refractivity contribution is -0.142. The molecule has 1 aliphatic rings. The molecule has 14 heavy (non-hydrogen) atoms. The van der Waals surface area contributed by atoms with E-state index in [2.05, 4.69) is 0 Å². The number of rotatable bonds is 3. The molecule has 0 bridgehead atoms. The second-order valence-corrected chi connectivity index (χ2v) is 3.27. The molecule has 0 aliphatic carbocycles. The van der Waals surface area contributed by atoms with Crippen molar-refractivity contribution in [3.05, 3.63) is 30.3 Å². The highest BCUT2D eigenvalue weighted by atomic mass is 16.6. The summed E-state index contributed by atoms with van der Waals surface area (Å²) in [5, 5.41) is 0. The number of esters is 1. The number of para-hydroxylation sites is 1. The van der Waals surface area contributed by atoms with Crippen molar-refractivity contribution < 1.29 is 14.3 Å². The second kappa shape index (κ2) is 4.13. The van der Waals surface area contributed by atoms with Crippen LogP contribution in [0.2, 0.25) is 0 Å². The Balaban J connectivity index is 1.80. The molecule has 74 valence electrons. The van der Waals surface area contributed by atoms with Crippen molar-refractivity contribution in [2.45, 2.75) is 18.9 Å². The molecule has 1 saturated heterocycles. The van der Waals surface area contributed by atoms with E-state index in [1.165, 1.54) is 0 Å². The van der Waals surface area contributed by atoms with Crippen LogP contribution in [0.15, 0.2) is 30.3 Å². The Bertz CT molecular complexity index is 308. The van der Waals surface area contributed by atoms with Crippen molar-refractivity contribution in [2.24, 2.45) is 0 Å². The van der Waals surface area contributed by atoms with Gasteiger partial charge in [-0.25, -0.2) is 0 Å². The monoisotopic (exact) mass is 192 g/mol. The van der Waals surface area contributed by atoms with Gasteiger partial charge >= 0.3 is 5.97 Å². The molecule has 3 heteroatoms. The van der Waals surface area contributed by atoms with Crippen LogP contribution < -0.4 is 4.74 Å². The highest BCUT2D eigenvalue weighted by Crippen LogP contribution is 2.16. The van der Waals surface area contributed by atoms with Crippen LogP contribution in [0, 0.1) is 0 Å². The average Bonchev–Trinajstić information content (AvgIpc) is 2.63. The highest BCUT2D eigenvalue weighted by Gasteiger charge is 2.23. The normalized spacial score (nSPS) is 20.6. The van der Waals surface area contributed by atoms with Crippen LogP contribution in [-0.4, -0.2) is 18.7 Å². The first-order chi connectivity index (χ1) is 6.84. The third-order valence-electron chi connectivity index (χ3n) is 2.15. The molecule has 1 aliphatic heterocycles. The van der Waals surface area contributed by atoms with Crippen molar-refractivity contribution in [1.82, 2.24) is 0 Å². The zero-order valence-electron chi connectivity index (χ0n) is 7.81. The maximum Gasteiger partial charge on any atom is 0.306 e. The van der Waals surface area contributed by atoms with Gasteiger partial charge in [0.25, 0.3) is 0 Å². The van der Waals surface area contributed by atoms with Gasteiger partial charge in [-0.2, -0.15) is 0 Å². The summed E-state index contributed by atoms with van der Waals surface area (Å²) in [7, 11) is 0. The summed E-state index contributed by atoms with van der Waals surface area (Å²) >= 11 is 0. The first-order valence-electron chi connectivity index (χ1n) is 4.72. The summed E-state index contributed by atoms with van der Waals surface area (Å²) in [6, 6.07) is 9.53. The molecule has 0 saturated carbocycles. The Hall–Kier alpha value is -1.51.